The van der Waals surface area contributed by atoms with Gasteiger partial charge in [-0.1, -0.05) is 13.8 Å². The van der Waals surface area contributed by atoms with Gasteiger partial charge in [0, 0.05) is 6.04 Å². The number of hydrogen-bond acceptors (Lipinski definition) is 3. The van der Waals surface area contributed by atoms with E-state index in [0.717, 1.165) is 12.8 Å². The number of nitrogens with one attached hydrogen (secondary N) is 2. The van der Waals surface area contributed by atoms with Crippen LogP contribution in [0.3, 0.4) is 0 Å². The van der Waals surface area contributed by atoms with Crippen LogP contribution < -0.4 is 10.6 Å². The van der Waals surface area contributed by atoms with Crippen molar-refractivity contribution in [2.75, 3.05) is 6.54 Å². The molecule has 0 aliphatic rings. The van der Waals surface area contributed by atoms with Gasteiger partial charge in [-0.2, -0.15) is 0 Å². The van der Waals surface area contributed by atoms with E-state index in [1.807, 2.05) is 13.8 Å². The average molecular weight is 238 g/mol. The minimum absolute atomic E-state index is 0.0317. The van der Waals surface area contributed by atoms with Crippen molar-refractivity contribution in [3.63, 3.8) is 0 Å². The quantitative estimate of drug-likeness (QED) is 0.785. The first-order valence-electron chi connectivity index (χ1n) is 5.78. The van der Waals surface area contributed by atoms with Crippen LogP contribution in [0.2, 0.25) is 0 Å². The minimum atomic E-state index is -0.380. The van der Waals surface area contributed by atoms with E-state index in [1.165, 1.54) is 6.26 Å². The van der Waals surface area contributed by atoms with Gasteiger partial charge in [0.15, 0.2) is 5.76 Å². The lowest BCUT2D eigenvalue weighted by atomic mass is 10.2. The Morgan fingerprint density at radius 1 is 1.35 bits per heavy atom. The highest BCUT2D eigenvalue weighted by Crippen LogP contribution is 1.99. The van der Waals surface area contributed by atoms with Crippen LogP contribution in [0.15, 0.2) is 22.8 Å². The summed E-state index contributed by atoms with van der Waals surface area (Å²) in [6.07, 6.45) is 3.18. The molecule has 0 radical (unpaired) electrons. The maximum Gasteiger partial charge on any atom is 0.287 e. The Morgan fingerprint density at radius 3 is 2.59 bits per heavy atom. The molecule has 17 heavy (non-hydrogen) atoms. The SMILES string of the molecule is CCC(CC)NC(=O)CNC(=O)c1ccco1. The fraction of sp³-hybridized carbons (Fsp3) is 0.500. The van der Waals surface area contributed by atoms with E-state index in [-0.39, 0.29) is 30.2 Å². The molecule has 0 aliphatic carbocycles. The highest BCUT2D eigenvalue weighted by Gasteiger charge is 2.12. The first-order valence-corrected chi connectivity index (χ1v) is 5.78. The molecule has 1 aromatic heterocycles. The molecule has 2 amide bonds. The van der Waals surface area contributed by atoms with Gasteiger partial charge >= 0.3 is 0 Å². The molecule has 1 heterocycles. The van der Waals surface area contributed by atoms with Crippen LogP contribution in [0.5, 0.6) is 0 Å². The third-order valence-corrected chi connectivity index (χ3v) is 2.51. The van der Waals surface area contributed by atoms with Gasteiger partial charge in [0.1, 0.15) is 0 Å². The fourth-order valence-electron chi connectivity index (χ4n) is 1.43. The number of rotatable bonds is 6. The summed E-state index contributed by atoms with van der Waals surface area (Å²) >= 11 is 0. The molecule has 0 unspecified atom stereocenters. The molecule has 0 aliphatic heterocycles. The van der Waals surface area contributed by atoms with E-state index >= 15 is 0 Å². The average Bonchev–Trinajstić information content (AvgIpc) is 2.86. The molecule has 0 saturated carbocycles. The summed E-state index contributed by atoms with van der Waals surface area (Å²) in [5.41, 5.74) is 0. The van der Waals surface area contributed by atoms with Crippen LogP contribution in [0, 0.1) is 0 Å². The van der Waals surface area contributed by atoms with Crippen molar-refractivity contribution < 1.29 is 14.0 Å². The Bertz CT molecular complexity index is 356. The molecule has 1 rings (SSSR count). The van der Waals surface area contributed by atoms with Gasteiger partial charge < -0.3 is 15.1 Å². The van der Waals surface area contributed by atoms with E-state index in [2.05, 4.69) is 10.6 Å². The van der Waals surface area contributed by atoms with Gasteiger partial charge in [-0.05, 0) is 25.0 Å². The molecule has 0 atom stereocenters. The van der Waals surface area contributed by atoms with Gasteiger partial charge in [-0.15, -0.1) is 0 Å². The monoisotopic (exact) mass is 238 g/mol. The summed E-state index contributed by atoms with van der Waals surface area (Å²) in [6.45, 7) is 3.99. The number of amides is 2. The predicted molar refractivity (Wildman–Crippen MR) is 63.6 cm³/mol. The van der Waals surface area contributed by atoms with Crippen LogP contribution in [0.25, 0.3) is 0 Å². The topological polar surface area (TPSA) is 71.3 Å². The van der Waals surface area contributed by atoms with Gasteiger partial charge in [0.05, 0.1) is 12.8 Å². The highest BCUT2D eigenvalue weighted by atomic mass is 16.3. The van der Waals surface area contributed by atoms with Crippen molar-refractivity contribution >= 4 is 11.8 Å². The maximum atomic E-state index is 11.5. The maximum absolute atomic E-state index is 11.5. The van der Waals surface area contributed by atoms with Crippen molar-refractivity contribution in [3.05, 3.63) is 24.2 Å². The van der Waals surface area contributed by atoms with E-state index < -0.39 is 0 Å². The second kappa shape index (κ2) is 6.73. The predicted octanol–water partition coefficient (Wildman–Crippen LogP) is 1.31. The number of hydrogen-bond donors (Lipinski definition) is 2. The minimum Gasteiger partial charge on any atom is -0.459 e. The number of furan rings is 1. The molecule has 0 fully saturated rings. The van der Waals surface area contributed by atoms with Gasteiger partial charge in [-0.25, -0.2) is 0 Å². The summed E-state index contributed by atoms with van der Waals surface area (Å²) in [5.74, 6) is -0.353. The Morgan fingerprint density at radius 2 is 2.06 bits per heavy atom. The molecule has 94 valence electrons. The molecule has 0 bridgehead atoms. The van der Waals surface area contributed by atoms with Gasteiger partial charge in [0.2, 0.25) is 5.91 Å². The lowest BCUT2D eigenvalue weighted by Gasteiger charge is -2.14. The largest absolute Gasteiger partial charge is 0.459 e. The number of carbonyl (C=O) groups excluding carboxylic acids is 2. The van der Waals surface area contributed by atoms with E-state index in [9.17, 15) is 9.59 Å². The highest BCUT2D eigenvalue weighted by molar-refractivity contribution is 5.94. The second-order valence-corrected chi connectivity index (χ2v) is 3.74. The van der Waals surface area contributed by atoms with Crippen molar-refractivity contribution in [1.82, 2.24) is 10.6 Å². The van der Waals surface area contributed by atoms with Crippen LogP contribution in [0.4, 0.5) is 0 Å². The zero-order valence-electron chi connectivity index (χ0n) is 10.2. The molecule has 0 aromatic carbocycles. The van der Waals surface area contributed by atoms with Crippen LogP contribution in [-0.2, 0) is 4.79 Å². The van der Waals surface area contributed by atoms with Crippen molar-refractivity contribution in [3.8, 4) is 0 Å². The summed E-state index contributed by atoms with van der Waals surface area (Å²) < 4.78 is 4.91. The Balaban J connectivity index is 2.31. The van der Waals surface area contributed by atoms with Crippen LogP contribution in [0.1, 0.15) is 37.2 Å². The molecular formula is C12H18N2O3. The smallest absolute Gasteiger partial charge is 0.287 e. The molecule has 2 N–H and O–H groups in total. The summed E-state index contributed by atoms with van der Waals surface area (Å²) in [6, 6.07) is 3.34. The normalized spacial score (nSPS) is 10.3. The van der Waals surface area contributed by atoms with E-state index in [0.29, 0.717) is 0 Å². The summed E-state index contributed by atoms with van der Waals surface area (Å²) in [4.78, 5) is 22.9. The van der Waals surface area contributed by atoms with Crippen molar-refractivity contribution in [2.24, 2.45) is 0 Å². The Labute approximate surface area is 101 Å². The molecule has 0 spiro atoms. The zero-order valence-corrected chi connectivity index (χ0v) is 10.2. The number of carbonyl (C=O) groups is 2. The Hall–Kier alpha value is -1.78. The van der Waals surface area contributed by atoms with Crippen molar-refractivity contribution in [2.45, 2.75) is 32.7 Å². The molecule has 0 saturated heterocycles. The van der Waals surface area contributed by atoms with Crippen molar-refractivity contribution in [1.29, 1.82) is 0 Å². The lowest BCUT2D eigenvalue weighted by molar-refractivity contribution is -0.120. The third kappa shape index (κ3) is 4.30. The van der Waals surface area contributed by atoms with E-state index in [1.54, 1.807) is 12.1 Å². The summed E-state index contributed by atoms with van der Waals surface area (Å²) in [7, 11) is 0. The molecule has 1 aromatic rings. The van der Waals surface area contributed by atoms with Crippen LogP contribution >= 0.6 is 0 Å². The second-order valence-electron chi connectivity index (χ2n) is 3.74. The van der Waals surface area contributed by atoms with Crippen LogP contribution in [-0.4, -0.2) is 24.4 Å². The van der Waals surface area contributed by atoms with Gasteiger partial charge in [-0.3, -0.25) is 9.59 Å². The third-order valence-electron chi connectivity index (χ3n) is 2.51. The lowest BCUT2D eigenvalue weighted by Crippen LogP contribution is -2.41. The molecule has 5 heteroatoms. The zero-order chi connectivity index (χ0) is 12.7. The standard InChI is InChI=1S/C12H18N2O3/c1-3-9(4-2)14-11(15)8-13-12(16)10-6-5-7-17-10/h5-7,9H,3-4,8H2,1-2H3,(H,13,16)(H,14,15). The first kappa shape index (κ1) is 13.3. The molecule has 5 nitrogen and oxygen atoms in total. The molecular weight excluding hydrogens is 220 g/mol. The van der Waals surface area contributed by atoms with Gasteiger partial charge in [0.25, 0.3) is 5.91 Å². The van der Waals surface area contributed by atoms with E-state index in [4.69, 9.17) is 4.42 Å². The summed E-state index contributed by atoms with van der Waals surface area (Å²) in [5, 5.41) is 5.33. The first-order chi connectivity index (χ1) is 8.17. The Kier molecular flexibility index (Phi) is 5.26. The fourth-order valence-corrected chi connectivity index (χ4v) is 1.43.